The largest absolute Gasteiger partial charge is 0.339 e. The molecule has 2 N–H and O–H groups in total. The van der Waals surface area contributed by atoms with Gasteiger partial charge in [0.05, 0.1) is 18.0 Å². The van der Waals surface area contributed by atoms with Gasteiger partial charge in [0, 0.05) is 24.7 Å². The van der Waals surface area contributed by atoms with E-state index < -0.39 is 5.41 Å². The molecule has 2 amide bonds. The predicted octanol–water partition coefficient (Wildman–Crippen LogP) is 3.69. The molecule has 1 saturated carbocycles. The number of carbonyl (C=O) groups excluding carboxylic acids is 2. The van der Waals surface area contributed by atoms with Crippen molar-refractivity contribution in [2.45, 2.75) is 83.2 Å². The number of nitriles is 1. The van der Waals surface area contributed by atoms with Crippen molar-refractivity contribution < 1.29 is 9.59 Å². The van der Waals surface area contributed by atoms with Gasteiger partial charge in [0.1, 0.15) is 6.04 Å². The maximum Gasteiger partial charge on any atom is 0.253 e. The highest BCUT2D eigenvalue weighted by Crippen LogP contribution is 2.53. The number of benzene rings is 1. The molecule has 2 saturated heterocycles. The lowest BCUT2D eigenvalue weighted by atomic mass is 9.68. The summed E-state index contributed by atoms with van der Waals surface area (Å²) >= 11 is 0. The Hall–Kier alpha value is -3.84. The molecular weight excluding hydrogens is 540 g/mol. The Balaban J connectivity index is 1.33. The van der Waals surface area contributed by atoms with E-state index >= 15 is 0 Å². The Morgan fingerprint density at radius 3 is 2.77 bits per heavy atom. The van der Waals surface area contributed by atoms with Gasteiger partial charge in [-0.1, -0.05) is 44.2 Å². The van der Waals surface area contributed by atoms with E-state index in [9.17, 15) is 14.9 Å². The van der Waals surface area contributed by atoms with E-state index in [2.05, 4.69) is 77.1 Å². The molecule has 2 aliphatic carbocycles. The lowest BCUT2D eigenvalue weighted by molar-refractivity contribution is -0.131. The van der Waals surface area contributed by atoms with Crippen LogP contribution in [0.1, 0.15) is 86.6 Å². The van der Waals surface area contributed by atoms with Crippen LogP contribution in [-0.2, 0) is 16.6 Å². The van der Waals surface area contributed by atoms with Gasteiger partial charge in [-0.25, -0.2) is 0 Å². The summed E-state index contributed by atoms with van der Waals surface area (Å²) in [5.74, 6) is 1.61. The number of tetrazole rings is 1. The second-order valence-corrected chi connectivity index (χ2v) is 12.4. The van der Waals surface area contributed by atoms with Gasteiger partial charge in [0.25, 0.3) is 5.91 Å². The summed E-state index contributed by atoms with van der Waals surface area (Å²) in [5.41, 5.74) is 4.76. The highest BCUT2D eigenvalue weighted by Gasteiger charge is 2.60. The first-order valence-electron chi connectivity index (χ1n) is 15.9. The molecule has 3 heterocycles. The van der Waals surface area contributed by atoms with Gasteiger partial charge in [0.2, 0.25) is 5.91 Å². The van der Waals surface area contributed by atoms with E-state index in [4.69, 9.17) is 0 Å². The Bertz CT molecular complexity index is 1470. The van der Waals surface area contributed by atoms with Crippen molar-refractivity contribution in [2.75, 3.05) is 26.2 Å². The minimum atomic E-state index is -0.686. The number of H-pyrrole nitrogens is 1. The third-order valence-electron chi connectivity index (χ3n) is 10.2. The molecule has 1 aromatic carbocycles. The maximum absolute atomic E-state index is 13.3. The van der Waals surface area contributed by atoms with Crippen molar-refractivity contribution in [2.24, 2.45) is 11.8 Å². The SMILES string of the molecule is CC/C=C\C1=C(CC)C(CCNCC(=O)N2C(C#N)CC3C2[C@H]3C)(c2nn[nH]n2)c2ccc(C(=O)N3CCC3)cc2CC1. The van der Waals surface area contributed by atoms with E-state index in [1.165, 1.54) is 11.1 Å². The molecule has 0 spiro atoms. The van der Waals surface area contributed by atoms with E-state index in [1.807, 2.05) is 15.9 Å². The second kappa shape index (κ2) is 12.0. The molecule has 226 valence electrons. The van der Waals surface area contributed by atoms with Crippen molar-refractivity contribution in [3.63, 3.8) is 0 Å². The molecule has 0 radical (unpaired) electrons. The third kappa shape index (κ3) is 5.07. The number of fused-ring (bicyclic) bond motifs is 2. The summed E-state index contributed by atoms with van der Waals surface area (Å²) in [6, 6.07) is 8.34. The fourth-order valence-electron chi connectivity index (χ4n) is 7.81. The molecule has 2 aliphatic heterocycles. The van der Waals surface area contributed by atoms with Crippen molar-refractivity contribution in [1.29, 1.82) is 5.26 Å². The lowest BCUT2D eigenvalue weighted by Crippen LogP contribution is -2.44. The van der Waals surface area contributed by atoms with Crippen molar-refractivity contribution >= 4 is 11.8 Å². The maximum atomic E-state index is 13.3. The molecule has 4 aliphatic rings. The number of allylic oxidation sites excluding steroid dienone is 4. The van der Waals surface area contributed by atoms with Crippen molar-refractivity contribution in [3.05, 3.63) is 64.0 Å². The third-order valence-corrected chi connectivity index (χ3v) is 10.2. The Morgan fingerprint density at radius 1 is 1.26 bits per heavy atom. The van der Waals surface area contributed by atoms with Gasteiger partial charge in [-0.05, 0) is 97.7 Å². The summed E-state index contributed by atoms with van der Waals surface area (Å²) in [4.78, 5) is 30.2. The van der Waals surface area contributed by atoms with Crippen LogP contribution in [0.2, 0.25) is 0 Å². The molecule has 3 fully saturated rings. The molecule has 10 nitrogen and oxygen atoms in total. The number of hydrogen-bond acceptors (Lipinski definition) is 7. The number of piperidine rings is 1. The van der Waals surface area contributed by atoms with E-state index in [1.54, 1.807) is 0 Å². The van der Waals surface area contributed by atoms with Gasteiger partial charge in [-0.2, -0.15) is 10.5 Å². The second-order valence-electron chi connectivity index (χ2n) is 12.4. The van der Waals surface area contributed by atoms with Gasteiger partial charge in [0.15, 0.2) is 5.82 Å². The van der Waals surface area contributed by atoms with E-state index in [0.29, 0.717) is 30.6 Å². The van der Waals surface area contributed by atoms with Crippen LogP contribution in [0.25, 0.3) is 0 Å². The number of aromatic nitrogens is 4. The molecule has 1 aromatic heterocycles. The fraction of sp³-hybridized carbons (Fsp3) is 0.576. The van der Waals surface area contributed by atoms with E-state index in [-0.39, 0.29) is 30.4 Å². The summed E-state index contributed by atoms with van der Waals surface area (Å²) in [6.45, 7) is 8.83. The van der Waals surface area contributed by atoms with Crippen LogP contribution in [0.4, 0.5) is 0 Å². The number of aryl methyl sites for hydroxylation is 1. The molecule has 10 heteroatoms. The number of nitrogens with one attached hydrogen (secondary N) is 2. The lowest BCUT2D eigenvalue weighted by Gasteiger charge is -2.36. The average molecular weight is 583 g/mol. The molecule has 4 unspecified atom stereocenters. The van der Waals surface area contributed by atoms with Crippen LogP contribution < -0.4 is 5.32 Å². The number of rotatable bonds is 10. The summed E-state index contributed by atoms with van der Waals surface area (Å²) in [5, 5.41) is 28.9. The normalized spacial score (nSPS) is 27.9. The summed E-state index contributed by atoms with van der Waals surface area (Å²) < 4.78 is 0. The zero-order valence-corrected chi connectivity index (χ0v) is 25.5. The number of hydrogen-bond donors (Lipinski definition) is 2. The summed E-state index contributed by atoms with van der Waals surface area (Å²) in [6.07, 6.45) is 10.3. The number of aromatic amines is 1. The number of nitrogens with zero attached hydrogens (tertiary/aromatic N) is 6. The Labute approximate surface area is 253 Å². The van der Waals surface area contributed by atoms with Gasteiger partial charge < -0.3 is 15.1 Å². The topological polar surface area (TPSA) is 131 Å². The molecule has 0 bridgehead atoms. The van der Waals surface area contributed by atoms with Crippen LogP contribution in [0.3, 0.4) is 0 Å². The molecule has 5 atom stereocenters. The van der Waals surface area contributed by atoms with Gasteiger partial charge >= 0.3 is 0 Å². The van der Waals surface area contributed by atoms with Gasteiger partial charge in [-0.3, -0.25) is 9.59 Å². The first-order chi connectivity index (χ1) is 20.9. The first kappa shape index (κ1) is 29.2. The van der Waals surface area contributed by atoms with Crippen LogP contribution >= 0.6 is 0 Å². The monoisotopic (exact) mass is 582 g/mol. The average Bonchev–Trinajstić information content (AvgIpc) is 3.35. The number of carbonyl (C=O) groups is 2. The zero-order chi connectivity index (χ0) is 30.1. The number of amides is 2. The summed E-state index contributed by atoms with van der Waals surface area (Å²) in [7, 11) is 0. The Morgan fingerprint density at radius 2 is 2.09 bits per heavy atom. The highest BCUT2D eigenvalue weighted by atomic mass is 16.2. The molecule has 43 heavy (non-hydrogen) atoms. The predicted molar refractivity (Wildman–Crippen MR) is 162 cm³/mol. The zero-order valence-electron chi connectivity index (χ0n) is 25.5. The van der Waals surface area contributed by atoms with Crippen LogP contribution in [0.5, 0.6) is 0 Å². The van der Waals surface area contributed by atoms with Gasteiger partial charge in [-0.15, -0.1) is 10.2 Å². The number of likely N-dealkylation sites (tertiary alicyclic amines) is 2. The minimum absolute atomic E-state index is 0.00903. The fourth-order valence-corrected chi connectivity index (χ4v) is 7.81. The standard InChI is InChI=1S/C33H42N8O2/c1-4-6-8-22-9-10-23-17-24(31(43)40-15-7-16-40)11-12-28(23)33(27(22)5-2,32-36-38-39-37-32)13-14-35-20-29(42)41-25(19-34)18-26-21(3)30(26)41/h6,8,11-12,17,21,25-26,30,35H,4-5,7,9-10,13-16,18,20H2,1-3H3,(H,36,37,38,39)/b8-6-/t21-,25?,26?,30?,33?/m0/s1. The van der Waals surface area contributed by atoms with Crippen LogP contribution in [-0.4, -0.2) is 80.5 Å². The van der Waals surface area contributed by atoms with Crippen LogP contribution in [0, 0.1) is 23.2 Å². The molecule has 6 rings (SSSR count). The minimum Gasteiger partial charge on any atom is -0.339 e. The Kier molecular flexibility index (Phi) is 8.19. The van der Waals surface area contributed by atoms with Crippen molar-refractivity contribution in [1.82, 2.24) is 35.7 Å². The molecule has 2 aromatic rings. The first-order valence-corrected chi connectivity index (χ1v) is 15.9. The highest BCUT2D eigenvalue weighted by molar-refractivity contribution is 5.95. The van der Waals surface area contributed by atoms with E-state index in [0.717, 1.165) is 68.3 Å². The van der Waals surface area contributed by atoms with Crippen molar-refractivity contribution in [3.8, 4) is 6.07 Å². The quantitative estimate of drug-likeness (QED) is 0.409. The molecular formula is C33H42N8O2. The smallest absolute Gasteiger partial charge is 0.253 e. The van der Waals surface area contributed by atoms with Crippen LogP contribution in [0.15, 0.2) is 41.5 Å².